The smallest absolute Gasteiger partial charge is 0.324 e. The number of aryl methyl sites for hydroxylation is 1. The minimum Gasteiger partial charge on any atom is -0.363 e. The Labute approximate surface area is 133 Å². The minimum absolute atomic E-state index is 0.176. The molecule has 23 heavy (non-hydrogen) atoms. The van der Waals surface area contributed by atoms with Gasteiger partial charge in [0.1, 0.15) is 12.1 Å². The first kappa shape index (κ1) is 14.8. The number of nitrogens with zero attached hydrogens (tertiary/aromatic N) is 3. The van der Waals surface area contributed by atoms with Crippen LogP contribution in [0.5, 0.6) is 0 Å². The standard InChI is InChI=1S/C16H17N5O2/c1-11(21-9-8-17-12(21)2)13-3-5-14(6-4-13)18-16(22)19-15-7-10-23-20-15/h3-11H,1-2H3,(H2,18,19,20,22)/t11-/m0/s1. The number of urea groups is 1. The third kappa shape index (κ3) is 3.39. The Morgan fingerprint density at radius 3 is 2.61 bits per heavy atom. The minimum atomic E-state index is -0.370. The number of carbonyl (C=O) groups excluding carboxylic acids is 1. The second-order valence-electron chi connectivity index (χ2n) is 5.14. The lowest BCUT2D eigenvalue weighted by atomic mass is 10.1. The fraction of sp³-hybridized carbons (Fsp3) is 0.188. The largest absolute Gasteiger partial charge is 0.363 e. The second kappa shape index (κ2) is 6.35. The Morgan fingerprint density at radius 2 is 2.00 bits per heavy atom. The Morgan fingerprint density at radius 1 is 1.22 bits per heavy atom. The zero-order chi connectivity index (χ0) is 16.2. The van der Waals surface area contributed by atoms with Crippen molar-refractivity contribution in [2.75, 3.05) is 10.6 Å². The average molecular weight is 311 g/mol. The third-order valence-electron chi connectivity index (χ3n) is 3.61. The van der Waals surface area contributed by atoms with Gasteiger partial charge in [-0.25, -0.2) is 9.78 Å². The van der Waals surface area contributed by atoms with Crippen LogP contribution in [0.15, 0.2) is 53.5 Å². The summed E-state index contributed by atoms with van der Waals surface area (Å²) in [4.78, 5) is 16.1. The van der Waals surface area contributed by atoms with Gasteiger partial charge < -0.3 is 14.4 Å². The molecule has 0 spiro atoms. The molecule has 0 saturated heterocycles. The van der Waals surface area contributed by atoms with Crippen molar-refractivity contribution >= 4 is 17.5 Å². The van der Waals surface area contributed by atoms with Crippen LogP contribution in [0.4, 0.5) is 16.3 Å². The molecule has 1 aromatic carbocycles. The summed E-state index contributed by atoms with van der Waals surface area (Å²) in [5, 5.41) is 8.93. The lowest BCUT2D eigenvalue weighted by Crippen LogP contribution is -2.19. The molecule has 0 aliphatic heterocycles. The molecule has 1 atom stereocenters. The molecule has 0 saturated carbocycles. The quantitative estimate of drug-likeness (QED) is 0.773. The van der Waals surface area contributed by atoms with E-state index in [-0.39, 0.29) is 12.1 Å². The Kier molecular flexibility index (Phi) is 4.09. The van der Waals surface area contributed by atoms with Crippen molar-refractivity contribution in [3.63, 3.8) is 0 Å². The molecule has 0 fully saturated rings. The van der Waals surface area contributed by atoms with Gasteiger partial charge >= 0.3 is 6.03 Å². The van der Waals surface area contributed by atoms with E-state index in [9.17, 15) is 4.79 Å². The molecule has 7 heteroatoms. The molecular formula is C16H17N5O2. The normalized spacial score (nSPS) is 11.9. The van der Waals surface area contributed by atoms with E-state index in [0.717, 1.165) is 11.4 Å². The molecule has 7 nitrogen and oxygen atoms in total. The number of anilines is 2. The Hall–Kier alpha value is -3.09. The number of benzene rings is 1. The van der Waals surface area contributed by atoms with Gasteiger partial charge in [-0.3, -0.25) is 5.32 Å². The van der Waals surface area contributed by atoms with Crippen LogP contribution in [0.3, 0.4) is 0 Å². The van der Waals surface area contributed by atoms with Crippen LogP contribution in [-0.4, -0.2) is 20.7 Å². The molecule has 0 aliphatic carbocycles. The van der Waals surface area contributed by atoms with E-state index in [4.69, 9.17) is 0 Å². The molecule has 2 heterocycles. The van der Waals surface area contributed by atoms with Crippen LogP contribution in [-0.2, 0) is 0 Å². The fourth-order valence-corrected chi connectivity index (χ4v) is 2.36. The van der Waals surface area contributed by atoms with Gasteiger partial charge in [0.05, 0.1) is 6.04 Å². The molecule has 0 bridgehead atoms. The van der Waals surface area contributed by atoms with Gasteiger partial charge in [-0.05, 0) is 31.5 Å². The van der Waals surface area contributed by atoms with Crippen molar-refractivity contribution in [3.05, 3.63) is 60.4 Å². The molecule has 2 amide bonds. The molecule has 2 N–H and O–H groups in total. The zero-order valence-corrected chi connectivity index (χ0v) is 12.9. The van der Waals surface area contributed by atoms with Crippen LogP contribution in [0.25, 0.3) is 0 Å². The lowest BCUT2D eigenvalue weighted by molar-refractivity contribution is 0.262. The van der Waals surface area contributed by atoms with Gasteiger partial charge in [-0.1, -0.05) is 17.3 Å². The number of hydrogen-bond acceptors (Lipinski definition) is 4. The molecule has 3 rings (SSSR count). The zero-order valence-electron chi connectivity index (χ0n) is 12.9. The number of rotatable bonds is 4. The van der Waals surface area contributed by atoms with E-state index in [0.29, 0.717) is 11.5 Å². The van der Waals surface area contributed by atoms with E-state index in [1.807, 2.05) is 37.4 Å². The van der Waals surface area contributed by atoms with Crippen LogP contribution in [0, 0.1) is 6.92 Å². The van der Waals surface area contributed by atoms with Gasteiger partial charge in [0.25, 0.3) is 0 Å². The van der Waals surface area contributed by atoms with Gasteiger partial charge in [0, 0.05) is 24.1 Å². The number of nitrogens with one attached hydrogen (secondary N) is 2. The maximum atomic E-state index is 11.8. The Balaban J connectivity index is 1.65. The van der Waals surface area contributed by atoms with Gasteiger partial charge in [0.2, 0.25) is 0 Å². The van der Waals surface area contributed by atoms with E-state index < -0.39 is 0 Å². The number of aromatic nitrogens is 3. The van der Waals surface area contributed by atoms with Crippen molar-refractivity contribution < 1.29 is 9.32 Å². The summed E-state index contributed by atoms with van der Waals surface area (Å²) in [5.74, 6) is 1.33. The predicted molar refractivity (Wildman–Crippen MR) is 86.4 cm³/mol. The predicted octanol–water partition coefficient (Wildman–Crippen LogP) is 3.43. The van der Waals surface area contributed by atoms with Crippen molar-refractivity contribution in [3.8, 4) is 0 Å². The first-order chi connectivity index (χ1) is 11.1. The number of hydrogen-bond donors (Lipinski definition) is 2. The van der Waals surface area contributed by atoms with Crippen LogP contribution in [0.2, 0.25) is 0 Å². The molecule has 0 radical (unpaired) electrons. The van der Waals surface area contributed by atoms with E-state index in [2.05, 4.69) is 36.8 Å². The second-order valence-corrected chi connectivity index (χ2v) is 5.14. The van der Waals surface area contributed by atoms with Crippen molar-refractivity contribution in [2.24, 2.45) is 0 Å². The molecule has 118 valence electrons. The molecule has 0 aliphatic rings. The molecule has 0 unspecified atom stereocenters. The average Bonchev–Trinajstić information content (AvgIpc) is 3.19. The number of amides is 2. The fourth-order valence-electron chi connectivity index (χ4n) is 2.36. The van der Waals surface area contributed by atoms with E-state index >= 15 is 0 Å². The summed E-state index contributed by atoms with van der Waals surface area (Å²) in [6.07, 6.45) is 5.14. The summed E-state index contributed by atoms with van der Waals surface area (Å²) in [6, 6.07) is 9.06. The summed E-state index contributed by atoms with van der Waals surface area (Å²) < 4.78 is 6.75. The van der Waals surface area contributed by atoms with Crippen LogP contribution >= 0.6 is 0 Å². The van der Waals surface area contributed by atoms with Gasteiger partial charge in [-0.15, -0.1) is 0 Å². The van der Waals surface area contributed by atoms with E-state index in [1.54, 1.807) is 12.3 Å². The summed E-state index contributed by atoms with van der Waals surface area (Å²) in [5.41, 5.74) is 1.83. The highest BCUT2D eigenvalue weighted by molar-refractivity contribution is 5.99. The van der Waals surface area contributed by atoms with Crippen LogP contribution in [0.1, 0.15) is 24.4 Å². The summed E-state index contributed by atoms with van der Waals surface area (Å²) in [6.45, 7) is 4.08. The highest BCUT2D eigenvalue weighted by Crippen LogP contribution is 2.21. The van der Waals surface area contributed by atoms with Crippen molar-refractivity contribution in [1.82, 2.24) is 14.7 Å². The third-order valence-corrected chi connectivity index (χ3v) is 3.61. The highest BCUT2D eigenvalue weighted by atomic mass is 16.5. The maximum absolute atomic E-state index is 11.8. The molecule has 3 aromatic rings. The first-order valence-electron chi connectivity index (χ1n) is 7.21. The molecular weight excluding hydrogens is 294 g/mol. The summed E-state index contributed by atoms with van der Waals surface area (Å²) >= 11 is 0. The Bertz CT molecular complexity index is 777. The van der Waals surface area contributed by atoms with Crippen molar-refractivity contribution in [1.29, 1.82) is 0 Å². The first-order valence-corrected chi connectivity index (χ1v) is 7.21. The SMILES string of the molecule is Cc1nccn1[C@@H](C)c1ccc(NC(=O)Nc2ccon2)cc1. The molecule has 2 aromatic heterocycles. The number of carbonyl (C=O) groups is 1. The topological polar surface area (TPSA) is 85.0 Å². The van der Waals surface area contributed by atoms with Gasteiger partial charge in [0.15, 0.2) is 5.82 Å². The maximum Gasteiger partial charge on any atom is 0.324 e. The van der Waals surface area contributed by atoms with Gasteiger partial charge in [-0.2, -0.15) is 0 Å². The van der Waals surface area contributed by atoms with E-state index in [1.165, 1.54) is 6.26 Å². The summed E-state index contributed by atoms with van der Waals surface area (Å²) in [7, 11) is 0. The lowest BCUT2D eigenvalue weighted by Gasteiger charge is -2.16. The van der Waals surface area contributed by atoms with Crippen molar-refractivity contribution in [2.45, 2.75) is 19.9 Å². The monoisotopic (exact) mass is 311 g/mol. The number of imidazole rings is 1. The highest BCUT2D eigenvalue weighted by Gasteiger charge is 2.10. The van der Waals surface area contributed by atoms with Crippen LogP contribution < -0.4 is 10.6 Å².